The number of benzene rings is 1. The third kappa shape index (κ3) is 2.87. The van der Waals surface area contributed by atoms with Crippen molar-refractivity contribution in [2.24, 2.45) is 0 Å². The van der Waals surface area contributed by atoms with Gasteiger partial charge in [0.1, 0.15) is 4.83 Å². The zero-order valence-electron chi connectivity index (χ0n) is 14.8. The molecule has 0 amide bonds. The minimum absolute atomic E-state index is 0.0941. The molecule has 4 aromatic heterocycles. The first-order valence-corrected chi connectivity index (χ1v) is 10.3. The standard InChI is InChI=1S/C20H14N4O2S2/c1-12-16-19(28-17(12)13-6-3-2-4-7-13)21-11-24(20(16)25)10-15-22-18(26-23-15)14-8-5-9-27-14/h2-9,11H,10H2,1H3. The molecule has 4 heterocycles. The minimum atomic E-state index is -0.0941. The van der Waals surface area contributed by atoms with E-state index in [0.717, 1.165) is 25.7 Å². The Kier molecular flexibility index (Phi) is 4.14. The van der Waals surface area contributed by atoms with Gasteiger partial charge in [-0.25, -0.2) is 4.98 Å². The fraction of sp³-hybridized carbons (Fsp3) is 0.100. The van der Waals surface area contributed by atoms with Crippen molar-refractivity contribution in [1.29, 1.82) is 0 Å². The van der Waals surface area contributed by atoms with Gasteiger partial charge in [-0.2, -0.15) is 4.98 Å². The van der Waals surface area contributed by atoms with Gasteiger partial charge in [0, 0.05) is 4.88 Å². The van der Waals surface area contributed by atoms with Gasteiger partial charge in [0.15, 0.2) is 5.82 Å². The Morgan fingerprint density at radius 1 is 1.14 bits per heavy atom. The molecule has 0 aliphatic heterocycles. The van der Waals surface area contributed by atoms with Crippen LogP contribution in [0.2, 0.25) is 0 Å². The highest BCUT2D eigenvalue weighted by Crippen LogP contribution is 2.35. The predicted molar refractivity (Wildman–Crippen MR) is 111 cm³/mol. The van der Waals surface area contributed by atoms with Crippen LogP contribution in [0.5, 0.6) is 0 Å². The molecule has 0 radical (unpaired) electrons. The molecule has 8 heteroatoms. The number of nitrogens with zero attached hydrogens (tertiary/aromatic N) is 4. The summed E-state index contributed by atoms with van der Waals surface area (Å²) < 4.78 is 6.84. The van der Waals surface area contributed by atoms with Crippen molar-refractivity contribution >= 4 is 32.9 Å². The summed E-state index contributed by atoms with van der Waals surface area (Å²) in [4.78, 5) is 24.7. The highest BCUT2D eigenvalue weighted by Gasteiger charge is 2.17. The monoisotopic (exact) mass is 406 g/mol. The van der Waals surface area contributed by atoms with Crippen molar-refractivity contribution in [3.63, 3.8) is 0 Å². The first-order valence-electron chi connectivity index (χ1n) is 8.61. The van der Waals surface area contributed by atoms with E-state index in [0.29, 0.717) is 17.1 Å². The highest BCUT2D eigenvalue weighted by atomic mass is 32.1. The van der Waals surface area contributed by atoms with Crippen LogP contribution in [0.3, 0.4) is 0 Å². The molecule has 0 aliphatic carbocycles. The third-order valence-corrected chi connectivity index (χ3v) is 6.57. The van der Waals surface area contributed by atoms with E-state index >= 15 is 0 Å². The lowest BCUT2D eigenvalue weighted by Crippen LogP contribution is -2.21. The molecule has 6 nitrogen and oxygen atoms in total. The molecule has 5 aromatic rings. The van der Waals surface area contributed by atoms with Crippen molar-refractivity contribution in [1.82, 2.24) is 19.7 Å². The number of fused-ring (bicyclic) bond motifs is 1. The molecule has 0 saturated heterocycles. The number of hydrogen-bond acceptors (Lipinski definition) is 7. The SMILES string of the molecule is Cc1c(-c2ccccc2)sc2ncn(Cc3noc(-c4cccs4)n3)c(=O)c12. The Balaban J connectivity index is 1.54. The van der Waals surface area contributed by atoms with Crippen LogP contribution < -0.4 is 5.56 Å². The quantitative estimate of drug-likeness (QED) is 0.436. The first-order chi connectivity index (χ1) is 13.7. The third-order valence-electron chi connectivity index (χ3n) is 4.47. The molecule has 0 aliphatic rings. The molecule has 0 unspecified atom stereocenters. The zero-order valence-corrected chi connectivity index (χ0v) is 16.5. The van der Waals surface area contributed by atoms with Gasteiger partial charge in [-0.1, -0.05) is 41.6 Å². The van der Waals surface area contributed by atoms with Crippen molar-refractivity contribution in [2.75, 3.05) is 0 Å². The number of aromatic nitrogens is 4. The second-order valence-electron chi connectivity index (χ2n) is 6.27. The Bertz CT molecular complexity index is 1320. The summed E-state index contributed by atoms with van der Waals surface area (Å²) >= 11 is 3.06. The van der Waals surface area contributed by atoms with Crippen LogP contribution in [-0.2, 0) is 6.54 Å². The molecule has 138 valence electrons. The molecular weight excluding hydrogens is 392 g/mol. The van der Waals surface area contributed by atoms with E-state index < -0.39 is 0 Å². The van der Waals surface area contributed by atoms with Gasteiger partial charge in [0.25, 0.3) is 11.4 Å². The summed E-state index contributed by atoms with van der Waals surface area (Å²) in [6, 6.07) is 13.9. The van der Waals surface area contributed by atoms with Crippen molar-refractivity contribution in [2.45, 2.75) is 13.5 Å². The smallest absolute Gasteiger partial charge is 0.268 e. The molecule has 0 N–H and O–H groups in total. The number of rotatable bonds is 4. The van der Waals surface area contributed by atoms with Gasteiger partial charge in [-0.3, -0.25) is 9.36 Å². The Labute approximate surface area is 167 Å². The zero-order chi connectivity index (χ0) is 19.1. The summed E-state index contributed by atoms with van der Waals surface area (Å²) in [5.41, 5.74) is 1.95. The molecule has 0 fully saturated rings. The van der Waals surface area contributed by atoms with Gasteiger partial charge in [0.05, 0.1) is 23.1 Å². The predicted octanol–water partition coefficient (Wildman–Crippen LogP) is 4.59. The van der Waals surface area contributed by atoms with E-state index in [9.17, 15) is 4.79 Å². The molecule has 0 atom stereocenters. The van der Waals surface area contributed by atoms with Gasteiger partial charge in [0.2, 0.25) is 0 Å². The molecule has 0 bridgehead atoms. The average molecular weight is 406 g/mol. The van der Waals surface area contributed by atoms with Gasteiger partial charge in [-0.05, 0) is 29.5 Å². The summed E-state index contributed by atoms with van der Waals surface area (Å²) in [6.07, 6.45) is 1.55. The largest absolute Gasteiger partial charge is 0.333 e. The van der Waals surface area contributed by atoms with Crippen molar-refractivity contribution in [3.05, 3.63) is 75.9 Å². The van der Waals surface area contributed by atoms with E-state index in [-0.39, 0.29) is 12.1 Å². The van der Waals surface area contributed by atoms with E-state index in [1.807, 2.05) is 54.8 Å². The summed E-state index contributed by atoms with van der Waals surface area (Å²) in [7, 11) is 0. The Hall–Kier alpha value is -3.10. The molecule has 28 heavy (non-hydrogen) atoms. The molecule has 5 rings (SSSR count). The molecule has 1 aromatic carbocycles. The van der Waals surface area contributed by atoms with Crippen LogP contribution in [0.4, 0.5) is 0 Å². The lowest BCUT2D eigenvalue weighted by atomic mass is 10.1. The molecule has 0 saturated carbocycles. The number of thiophene rings is 2. The van der Waals surface area contributed by atoms with Crippen LogP contribution in [0, 0.1) is 6.92 Å². The lowest BCUT2D eigenvalue weighted by Gasteiger charge is -2.02. The normalized spacial score (nSPS) is 11.3. The lowest BCUT2D eigenvalue weighted by molar-refractivity contribution is 0.421. The second kappa shape index (κ2) is 6.81. The summed E-state index contributed by atoms with van der Waals surface area (Å²) in [5.74, 6) is 0.910. The van der Waals surface area contributed by atoms with Gasteiger partial charge < -0.3 is 4.52 Å². The maximum absolute atomic E-state index is 13.1. The van der Waals surface area contributed by atoms with Gasteiger partial charge in [-0.15, -0.1) is 22.7 Å². The highest BCUT2D eigenvalue weighted by molar-refractivity contribution is 7.22. The maximum atomic E-state index is 13.1. The number of aryl methyl sites for hydroxylation is 1. The van der Waals surface area contributed by atoms with Crippen molar-refractivity contribution in [3.8, 4) is 21.2 Å². The fourth-order valence-electron chi connectivity index (χ4n) is 3.11. The Morgan fingerprint density at radius 2 is 2.00 bits per heavy atom. The molecule has 0 spiro atoms. The van der Waals surface area contributed by atoms with Crippen LogP contribution in [0.1, 0.15) is 11.4 Å². The van der Waals surface area contributed by atoms with Crippen LogP contribution in [0.15, 0.2) is 63.5 Å². The number of hydrogen-bond donors (Lipinski definition) is 0. The second-order valence-corrected chi connectivity index (χ2v) is 8.22. The van der Waals surface area contributed by atoms with Crippen molar-refractivity contribution < 1.29 is 4.52 Å². The fourth-order valence-corrected chi connectivity index (χ4v) is 4.90. The van der Waals surface area contributed by atoms with E-state index in [2.05, 4.69) is 15.1 Å². The van der Waals surface area contributed by atoms with Crippen LogP contribution in [0.25, 0.3) is 31.4 Å². The summed E-state index contributed by atoms with van der Waals surface area (Å²) in [6.45, 7) is 2.18. The molecular formula is C20H14N4O2S2. The Morgan fingerprint density at radius 3 is 2.79 bits per heavy atom. The topological polar surface area (TPSA) is 73.8 Å². The first kappa shape index (κ1) is 17.0. The van der Waals surface area contributed by atoms with E-state index in [1.165, 1.54) is 27.2 Å². The van der Waals surface area contributed by atoms with E-state index in [1.54, 1.807) is 6.33 Å². The summed E-state index contributed by atoms with van der Waals surface area (Å²) in [5, 5.41) is 6.60. The van der Waals surface area contributed by atoms with Crippen LogP contribution in [-0.4, -0.2) is 19.7 Å². The average Bonchev–Trinajstić information content (AvgIpc) is 3.45. The van der Waals surface area contributed by atoms with E-state index in [4.69, 9.17) is 4.52 Å². The van der Waals surface area contributed by atoms with Crippen LogP contribution >= 0.6 is 22.7 Å². The maximum Gasteiger partial charge on any atom is 0.268 e. The van der Waals surface area contributed by atoms with Gasteiger partial charge >= 0.3 is 0 Å². The minimum Gasteiger partial charge on any atom is -0.333 e.